The van der Waals surface area contributed by atoms with Crippen LogP contribution in [-0.2, 0) is 11.8 Å². The van der Waals surface area contributed by atoms with Gasteiger partial charge in [-0.2, -0.15) is 0 Å². The zero-order chi connectivity index (χ0) is 19.6. The van der Waals surface area contributed by atoms with Crippen molar-refractivity contribution in [3.8, 4) is 11.3 Å². The number of nitrogens with zero attached hydrogens (tertiary/aromatic N) is 1. The van der Waals surface area contributed by atoms with E-state index in [2.05, 4.69) is 74.6 Å². The van der Waals surface area contributed by atoms with E-state index in [4.69, 9.17) is 4.98 Å². The highest BCUT2D eigenvalue weighted by molar-refractivity contribution is 6.06. The minimum Gasteiger partial charge on any atom is -0.255 e. The van der Waals surface area contributed by atoms with Crippen LogP contribution in [0, 0.1) is 5.92 Å². The average molecular weight is 378 g/mol. The maximum absolute atomic E-state index is 5.08. The molecule has 2 aliphatic carbocycles. The van der Waals surface area contributed by atoms with E-state index in [-0.39, 0.29) is 5.41 Å². The fraction of sp³-hybridized carbons (Fsp3) is 0.321. The summed E-state index contributed by atoms with van der Waals surface area (Å²) >= 11 is 0. The Kier molecular flexibility index (Phi) is 3.66. The van der Waals surface area contributed by atoms with Crippen LogP contribution in [0.3, 0.4) is 0 Å². The fourth-order valence-electron chi connectivity index (χ4n) is 6.12. The first-order valence-electron chi connectivity index (χ1n) is 11.1. The Hall–Kier alpha value is -2.67. The molecule has 0 amide bonds. The number of rotatable bonds is 2. The Morgan fingerprint density at radius 2 is 1.72 bits per heavy atom. The highest BCUT2D eigenvalue weighted by atomic mass is 14.7. The largest absolute Gasteiger partial charge is 0.255 e. The molecule has 6 rings (SSSR count). The van der Waals surface area contributed by atoms with E-state index in [0.717, 1.165) is 6.42 Å². The molecule has 1 spiro atoms. The molecule has 1 aromatic heterocycles. The highest BCUT2D eigenvalue weighted by Crippen LogP contribution is 2.56. The topological polar surface area (TPSA) is 12.9 Å². The van der Waals surface area contributed by atoms with Gasteiger partial charge in [-0.25, -0.2) is 0 Å². The number of hydrogen-bond acceptors (Lipinski definition) is 1. The first-order valence-corrected chi connectivity index (χ1v) is 11.1. The lowest BCUT2D eigenvalue weighted by Crippen LogP contribution is -2.28. The monoisotopic (exact) mass is 377 g/mol. The summed E-state index contributed by atoms with van der Waals surface area (Å²) < 4.78 is 0. The van der Waals surface area contributed by atoms with Crippen LogP contribution in [0.2, 0.25) is 0 Å². The van der Waals surface area contributed by atoms with Gasteiger partial charge in [-0.15, -0.1) is 0 Å². The fourth-order valence-corrected chi connectivity index (χ4v) is 6.12. The van der Waals surface area contributed by atoms with Gasteiger partial charge >= 0.3 is 0 Å². The summed E-state index contributed by atoms with van der Waals surface area (Å²) in [4.78, 5) is 5.08. The van der Waals surface area contributed by atoms with Crippen molar-refractivity contribution in [2.24, 2.45) is 5.92 Å². The molecule has 0 atom stereocenters. The average Bonchev–Trinajstić information content (AvgIpc) is 3.21. The van der Waals surface area contributed by atoms with Gasteiger partial charge in [0.2, 0.25) is 0 Å². The zero-order valence-electron chi connectivity index (χ0n) is 17.3. The van der Waals surface area contributed by atoms with Crippen molar-refractivity contribution in [1.29, 1.82) is 0 Å². The van der Waals surface area contributed by atoms with E-state index in [9.17, 15) is 0 Å². The number of benzene rings is 3. The van der Waals surface area contributed by atoms with E-state index < -0.39 is 0 Å². The molecule has 144 valence electrons. The van der Waals surface area contributed by atoms with Gasteiger partial charge in [0, 0.05) is 22.6 Å². The van der Waals surface area contributed by atoms with Gasteiger partial charge in [0.25, 0.3) is 0 Å². The number of aromatic nitrogens is 1. The molecule has 1 fully saturated rings. The van der Waals surface area contributed by atoms with Gasteiger partial charge in [0.1, 0.15) is 0 Å². The summed E-state index contributed by atoms with van der Waals surface area (Å²) in [6.07, 6.45) is 8.32. The summed E-state index contributed by atoms with van der Waals surface area (Å²) in [5.74, 6) is 0.667. The molecular weight excluding hydrogens is 350 g/mol. The van der Waals surface area contributed by atoms with Crippen LogP contribution < -0.4 is 0 Å². The SMILES string of the molecule is CC(C)Cc1ccc2cnc3c(c2c1)C1(CCCC1)c1cccc2cccc-3c12. The lowest BCUT2D eigenvalue weighted by molar-refractivity contribution is 0.541. The maximum Gasteiger partial charge on any atom is 0.0755 e. The van der Waals surface area contributed by atoms with Crippen LogP contribution in [0.4, 0.5) is 0 Å². The van der Waals surface area contributed by atoms with Gasteiger partial charge in [0.05, 0.1) is 5.69 Å². The first kappa shape index (κ1) is 17.2. The van der Waals surface area contributed by atoms with Gasteiger partial charge in [-0.3, -0.25) is 4.98 Å². The van der Waals surface area contributed by atoms with Crippen LogP contribution in [-0.4, -0.2) is 4.98 Å². The second kappa shape index (κ2) is 6.16. The minimum absolute atomic E-state index is 0.117. The lowest BCUT2D eigenvalue weighted by Gasteiger charge is -2.38. The Bertz CT molecular complexity index is 1250. The molecule has 2 aliphatic rings. The van der Waals surface area contributed by atoms with Crippen molar-refractivity contribution in [1.82, 2.24) is 4.98 Å². The number of hydrogen-bond donors (Lipinski definition) is 0. The molecule has 1 heteroatoms. The molecule has 0 unspecified atom stereocenters. The third kappa shape index (κ3) is 2.37. The molecule has 0 aliphatic heterocycles. The van der Waals surface area contributed by atoms with Crippen LogP contribution in [0.1, 0.15) is 56.2 Å². The van der Waals surface area contributed by atoms with Gasteiger partial charge < -0.3 is 0 Å². The second-order valence-electron chi connectivity index (χ2n) is 9.50. The van der Waals surface area contributed by atoms with Crippen molar-refractivity contribution in [2.45, 2.75) is 51.4 Å². The molecule has 0 N–H and O–H groups in total. The van der Waals surface area contributed by atoms with Gasteiger partial charge in [0.15, 0.2) is 0 Å². The lowest BCUT2D eigenvalue weighted by atomic mass is 9.65. The maximum atomic E-state index is 5.08. The Labute approximate surface area is 172 Å². The van der Waals surface area contributed by atoms with Crippen molar-refractivity contribution in [3.05, 3.63) is 77.5 Å². The predicted molar refractivity (Wildman–Crippen MR) is 122 cm³/mol. The van der Waals surface area contributed by atoms with E-state index in [1.807, 2.05) is 0 Å². The van der Waals surface area contributed by atoms with Crippen molar-refractivity contribution < 1.29 is 0 Å². The standard InChI is InChI=1S/C28H27N/c1-18(2)15-19-11-12-21-17-29-27-22-9-5-7-20-8-6-10-24(25(20)22)28(13-3-4-14-28)26(27)23(21)16-19/h5-12,16-18H,3-4,13-15H2,1-2H3. The van der Waals surface area contributed by atoms with E-state index in [0.29, 0.717) is 5.92 Å². The van der Waals surface area contributed by atoms with Gasteiger partial charge in [-0.05, 0) is 58.0 Å². The normalized spacial score (nSPS) is 16.8. The smallest absolute Gasteiger partial charge is 0.0755 e. The summed E-state index contributed by atoms with van der Waals surface area (Å²) in [7, 11) is 0. The molecular formula is C28H27N. The summed E-state index contributed by atoms with van der Waals surface area (Å²) in [5.41, 5.74) is 7.16. The third-order valence-electron chi connectivity index (χ3n) is 7.21. The molecule has 0 saturated heterocycles. The van der Waals surface area contributed by atoms with E-state index in [1.54, 1.807) is 5.56 Å². The van der Waals surface area contributed by atoms with E-state index in [1.165, 1.54) is 69.6 Å². The Morgan fingerprint density at radius 3 is 2.52 bits per heavy atom. The number of fused-ring (bicyclic) bond motifs is 6. The van der Waals surface area contributed by atoms with Crippen molar-refractivity contribution in [2.75, 3.05) is 0 Å². The number of pyridine rings is 1. The van der Waals surface area contributed by atoms with Gasteiger partial charge in [-0.1, -0.05) is 81.3 Å². The molecule has 1 heterocycles. The summed E-state index contributed by atoms with van der Waals surface area (Å²) in [6, 6.07) is 20.7. The second-order valence-corrected chi connectivity index (χ2v) is 9.50. The predicted octanol–water partition coefficient (Wildman–Crippen LogP) is 7.43. The molecule has 3 aromatic carbocycles. The van der Waals surface area contributed by atoms with Crippen LogP contribution in [0.15, 0.2) is 60.8 Å². The molecule has 1 saturated carbocycles. The van der Waals surface area contributed by atoms with Crippen LogP contribution >= 0.6 is 0 Å². The Balaban J connectivity index is 1.76. The van der Waals surface area contributed by atoms with Crippen LogP contribution in [0.25, 0.3) is 32.8 Å². The third-order valence-corrected chi connectivity index (χ3v) is 7.21. The van der Waals surface area contributed by atoms with Crippen LogP contribution in [0.5, 0.6) is 0 Å². The van der Waals surface area contributed by atoms with Crippen molar-refractivity contribution >= 4 is 21.5 Å². The molecule has 4 aromatic rings. The summed E-state index contributed by atoms with van der Waals surface area (Å²) in [6.45, 7) is 4.61. The molecule has 0 bridgehead atoms. The minimum atomic E-state index is 0.117. The molecule has 29 heavy (non-hydrogen) atoms. The quantitative estimate of drug-likeness (QED) is 0.354. The Morgan fingerprint density at radius 1 is 0.931 bits per heavy atom. The zero-order valence-corrected chi connectivity index (χ0v) is 17.3. The van der Waals surface area contributed by atoms with E-state index >= 15 is 0 Å². The molecule has 0 radical (unpaired) electrons. The molecule has 1 nitrogen and oxygen atoms in total. The first-order chi connectivity index (χ1) is 14.2. The highest BCUT2D eigenvalue weighted by Gasteiger charge is 2.44. The summed E-state index contributed by atoms with van der Waals surface area (Å²) in [5, 5.41) is 5.51. The van der Waals surface area contributed by atoms with Crippen molar-refractivity contribution in [3.63, 3.8) is 0 Å².